The lowest BCUT2D eigenvalue weighted by molar-refractivity contribution is -0.138. The summed E-state index contributed by atoms with van der Waals surface area (Å²) in [7, 11) is 1.58. The number of benzene rings is 2. The molecule has 1 unspecified atom stereocenters. The van der Waals surface area contributed by atoms with Crippen molar-refractivity contribution in [2.24, 2.45) is 0 Å². The van der Waals surface area contributed by atoms with Crippen molar-refractivity contribution in [3.05, 3.63) is 59.2 Å². The molecule has 2 N–H and O–H groups in total. The molecule has 0 saturated carbocycles. The minimum Gasteiger partial charge on any atom is -0.508 e. The van der Waals surface area contributed by atoms with E-state index in [1.807, 2.05) is 13.0 Å². The van der Waals surface area contributed by atoms with Gasteiger partial charge in [0.15, 0.2) is 0 Å². The molecule has 110 valence electrons. The number of aryl methyl sites for hydroxylation is 1. The number of aromatic hydroxyl groups is 1. The van der Waals surface area contributed by atoms with Crippen molar-refractivity contribution in [3.63, 3.8) is 0 Å². The summed E-state index contributed by atoms with van der Waals surface area (Å²) in [6.45, 7) is 1.88. The van der Waals surface area contributed by atoms with Crippen molar-refractivity contribution >= 4 is 5.97 Å². The Morgan fingerprint density at radius 1 is 1.24 bits per heavy atom. The molecule has 0 heterocycles. The summed E-state index contributed by atoms with van der Waals surface area (Å²) >= 11 is 0. The van der Waals surface area contributed by atoms with Gasteiger partial charge in [-0.3, -0.25) is 4.79 Å². The summed E-state index contributed by atoms with van der Waals surface area (Å²) in [5, 5.41) is 19.3. The molecule has 0 bridgehead atoms. The third-order valence-electron chi connectivity index (χ3n) is 3.54. The summed E-state index contributed by atoms with van der Waals surface area (Å²) in [5.41, 5.74) is 2.21. The van der Waals surface area contributed by atoms with Crippen LogP contribution in [0.5, 0.6) is 11.5 Å². The summed E-state index contributed by atoms with van der Waals surface area (Å²) in [4.78, 5) is 11.6. The van der Waals surface area contributed by atoms with Crippen molar-refractivity contribution in [2.75, 3.05) is 7.11 Å². The van der Waals surface area contributed by atoms with Gasteiger partial charge < -0.3 is 14.9 Å². The molecule has 2 aromatic rings. The number of hydrogen-bond acceptors (Lipinski definition) is 3. The highest BCUT2D eigenvalue weighted by atomic mass is 16.5. The summed E-state index contributed by atoms with van der Waals surface area (Å²) in [6.07, 6.45) is 0.244. The van der Waals surface area contributed by atoms with Crippen LogP contribution in [0.4, 0.5) is 0 Å². The first-order valence-electron chi connectivity index (χ1n) is 6.67. The molecule has 1 atom stereocenters. The molecule has 0 fully saturated rings. The molecule has 21 heavy (non-hydrogen) atoms. The topological polar surface area (TPSA) is 66.8 Å². The molecule has 0 aliphatic rings. The lowest BCUT2D eigenvalue weighted by atomic mass is 9.90. The van der Waals surface area contributed by atoms with Crippen LogP contribution < -0.4 is 4.74 Å². The zero-order valence-electron chi connectivity index (χ0n) is 12.0. The lowest BCUT2D eigenvalue weighted by Gasteiger charge is -2.15. The van der Waals surface area contributed by atoms with Crippen LogP contribution >= 0.6 is 0 Å². The number of rotatable bonds is 5. The highest BCUT2D eigenvalue weighted by Gasteiger charge is 2.22. The molecule has 0 aliphatic carbocycles. The number of carbonyl (C=O) groups is 1. The van der Waals surface area contributed by atoms with Gasteiger partial charge in [0.2, 0.25) is 0 Å². The van der Waals surface area contributed by atoms with E-state index >= 15 is 0 Å². The van der Waals surface area contributed by atoms with Crippen LogP contribution in [-0.4, -0.2) is 23.3 Å². The van der Waals surface area contributed by atoms with Crippen molar-refractivity contribution in [2.45, 2.75) is 19.3 Å². The number of carboxylic acids is 1. The monoisotopic (exact) mass is 286 g/mol. The van der Waals surface area contributed by atoms with Crippen LogP contribution in [0.25, 0.3) is 0 Å². The van der Waals surface area contributed by atoms with Crippen LogP contribution in [0.15, 0.2) is 42.5 Å². The third-order valence-corrected chi connectivity index (χ3v) is 3.54. The molecular formula is C17H18O4. The van der Waals surface area contributed by atoms with Gasteiger partial charge in [-0.05, 0) is 42.2 Å². The highest BCUT2D eigenvalue weighted by molar-refractivity contribution is 5.77. The molecule has 0 amide bonds. The Hall–Kier alpha value is -2.49. The number of phenolic OH excluding ortho intramolecular Hbond substituents is 1. The number of methoxy groups -OCH3 is 1. The molecule has 0 aliphatic heterocycles. The van der Waals surface area contributed by atoms with Gasteiger partial charge in [-0.2, -0.15) is 0 Å². The van der Waals surface area contributed by atoms with Gasteiger partial charge in [-0.25, -0.2) is 0 Å². The third kappa shape index (κ3) is 3.34. The Morgan fingerprint density at radius 3 is 2.52 bits per heavy atom. The molecular weight excluding hydrogens is 268 g/mol. The molecule has 4 nitrogen and oxygen atoms in total. The summed E-state index contributed by atoms with van der Waals surface area (Å²) < 4.78 is 5.19. The summed E-state index contributed by atoms with van der Waals surface area (Å²) in [6, 6.07) is 12.1. The number of carboxylic acid groups (broad SMARTS) is 1. The number of phenols is 1. The maximum absolute atomic E-state index is 11.6. The van der Waals surface area contributed by atoms with Crippen LogP contribution in [0.1, 0.15) is 22.6 Å². The van der Waals surface area contributed by atoms with Gasteiger partial charge in [0.1, 0.15) is 11.5 Å². The van der Waals surface area contributed by atoms with Gasteiger partial charge in [0.05, 0.1) is 13.0 Å². The van der Waals surface area contributed by atoms with Crippen molar-refractivity contribution in [1.29, 1.82) is 0 Å². The molecule has 2 rings (SSSR count). The quantitative estimate of drug-likeness (QED) is 0.886. The minimum atomic E-state index is -0.914. The Bertz CT molecular complexity index is 649. The smallest absolute Gasteiger partial charge is 0.311 e. The molecule has 0 saturated heterocycles. The second kappa shape index (κ2) is 6.31. The first kappa shape index (κ1) is 14.9. The fraction of sp³-hybridized carbons (Fsp3) is 0.235. The standard InChI is InChI=1S/C17H18O4/c1-11-9-12(7-8-16(11)21-2)14(17(19)20)10-13-5-3-4-6-15(13)18/h3-9,14,18H,10H2,1-2H3,(H,19,20). The minimum absolute atomic E-state index is 0.119. The van der Waals surface area contributed by atoms with Crippen LogP contribution in [0.3, 0.4) is 0 Å². The number of hydrogen-bond donors (Lipinski definition) is 2. The van der Waals surface area contributed by atoms with E-state index in [9.17, 15) is 15.0 Å². The van der Waals surface area contributed by atoms with E-state index in [2.05, 4.69) is 0 Å². The molecule has 0 aromatic heterocycles. The van der Waals surface area contributed by atoms with E-state index in [1.165, 1.54) is 0 Å². The maximum Gasteiger partial charge on any atom is 0.311 e. The summed E-state index contributed by atoms with van der Waals surface area (Å²) in [5.74, 6) is -0.773. The Labute approximate surface area is 123 Å². The zero-order chi connectivity index (χ0) is 15.4. The number of ether oxygens (including phenoxy) is 1. The largest absolute Gasteiger partial charge is 0.508 e. The first-order valence-corrected chi connectivity index (χ1v) is 6.67. The van der Waals surface area contributed by atoms with Crippen molar-refractivity contribution in [1.82, 2.24) is 0 Å². The van der Waals surface area contributed by atoms with Gasteiger partial charge >= 0.3 is 5.97 Å². The molecule has 2 aromatic carbocycles. The van der Waals surface area contributed by atoms with Gasteiger partial charge in [-0.1, -0.05) is 30.3 Å². The average molecular weight is 286 g/mol. The predicted octanol–water partition coefficient (Wildman–Crippen LogP) is 3.12. The average Bonchev–Trinajstić information content (AvgIpc) is 2.46. The molecule has 0 spiro atoms. The molecule has 4 heteroatoms. The fourth-order valence-corrected chi connectivity index (χ4v) is 2.37. The van der Waals surface area contributed by atoms with Gasteiger partial charge in [0, 0.05) is 0 Å². The van der Waals surface area contributed by atoms with E-state index in [4.69, 9.17) is 4.74 Å². The Kier molecular flexibility index (Phi) is 4.48. The van der Waals surface area contributed by atoms with Gasteiger partial charge in [0.25, 0.3) is 0 Å². The second-order valence-corrected chi connectivity index (χ2v) is 4.95. The highest BCUT2D eigenvalue weighted by Crippen LogP contribution is 2.29. The van der Waals surface area contributed by atoms with Crippen LogP contribution in [0, 0.1) is 6.92 Å². The Balaban J connectivity index is 2.34. The fourth-order valence-electron chi connectivity index (χ4n) is 2.37. The number of para-hydroxylation sites is 1. The van der Waals surface area contributed by atoms with Crippen molar-refractivity contribution < 1.29 is 19.7 Å². The Morgan fingerprint density at radius 2 is 1.95 bits per heavy atom. The zero-order valence-corrected chi connectivity index (χ0v) is 12.0. The normalized spacial score (nSPS) is 11.9. The van der Waals surface area contributed by atoms with E-state index in [1.54, 1.807) is 43.5 Å². The van der Waals surface area contributed by atoms with Gasteiger partial charge in [-0.15, -0.1) is 0 Å². The second-order valence-electron chi connectivity index (χ2n) is 4.95. The van der Waals surface area contributed by atoms with E-state index in [0.717, 1.165) is 11.3 Å². The predicted molar refractivity (Wildman–Crippen MR) is 79.9 cm³/mol. The maximum atomic E-state index is 11.6. The lowest BCUT2D eigenvalue weighted by Crippen LogP contribution is -2.14. The number of aliphatic carboxylic acids is 1. The van der Waals surface area contributed by atoms with Crippen LogP contribution in [0.2, 0.25) is 0 Å². The SMILES string of the molecule is COc1ccc(C(Cc2ccccc2O)C(=O)O)cc1C. The van der Waals surface area contributed by atoms with Crippen molar-refractivity contribution in [3.8, 4) is 11.5 Å². The first-order chi connectivity index (χ1) is 10.0. The van der Waals surface area contributed by atoms with E-state index < -0.39 is 11.9 Å². The van der Waals surface area contributed by atoms with E-state index in [0.29, 0.717) is 11.1 Å². The van der Waals surface area contributed by atoms with E-state index in [-0.39, 0.29) is 12.2 Å². The molecule has 0 radical (unpaired) electrons. The van der Waals surface area contributed by atoms with Crippen LogP contribution in [-0.2, 0) is 11.2 Å².